The largest absolute Gasteiger partial charge is 0.333 e. The standard InChI is InChI=1S/C46H32N2/c1-2-12-37(13-3-1)47-43-16-8-6-14-39(43)41-29-35(23-26-45(41)47)32-18-20-33(21-19-32)36-24-27-46-42(30-36)40-15-7-9-17-44(40)48(46)38-25-22-31-10-4-5-11-34(31)28-38/h1-12,14-30,37H,13H2. The van der Waals surface area contributed by atoms with Crippen LogP contribution in [0.4, 0.5) is 0 Å². The van der Waals surface area contributed by atoms with Gasteiger partial charge in [-0.25, -0.2) is 0 Å². The topological polar surface area (TPSA) is 9.86 Å². The summed E-state index contributed by atoms with van der Waals surface area (Å²) in [6, 6.07) is 56.2. The molecule has 0 fully saturated rings. The van der Waals surface area contributed by atoms with Crippen molar-refractivity contribution >= 4 is 54.4 Å². The molecule has 2 heteroatoms. The van der Waals surface area contributed by atoms with E-state index >= 15 is 0 Å². The molecule has 9 aromatic rings. The molecule has 2 heterocycles. The summed E-state index contributed by atoms with van der Waals surface area (Å²) in [6.45, 7) is 0. The maximum atomic E-state index is 2.50. The molecular weight excluding hydrogens is 581 g/mol. The first-order chi connectivity index (χ1) is 23.8. The van der Waals surface area contributed by atoms with Crippen LogP contribution in [-0.2, 0) is 0 Å². The summed E-state index contributed by atoms with van der Waals surface area (Å²) in [5.74, 6) is 0. The van der Waals surface area contributed by atoms with Crippen LogP contribution in [0.3, 0.4) is 0 Å². The van der Waals surface area contributed by atoms with Crippen molar-refractivity contribution in [2.24, 2.45) is 0 Å². The monoisotopic (exact) mass is 612 g/mol. The molecule has 1 aliphatic rings. The van der Waals surface area contributed by atoms with Gasteiger partial charge in [0.1, 0.15) is 0 Å². The minimum absolute atomic E-state index is 0.335. The lowest BCUT2D eigenvalue weighted by Crippen LogP contribution is -2.06. The van der Waals surface area contributed by atoms with E-state index in [0.717, 1.165) is 6.42 Å². The maximum Gasteiger partial charge on any atom is 0.0560 e. The lowest BCUT2D eigenvalue weighted by molar-refractivity contribution is 0.648. The molecule has 226 valence electrons. The Morgan fingerprint density at radius 2 is 0.979 bits per heavy atom. The van der Waals surface area contributed by atoms with Crippen LogP contribution in [0.5, 0.6) is 0 Å². The van der Waals surface area contributed by atoms with E-state index in [4.69, 9.17) is 0 Å². The van der Waals surface area contributed by atoms with Crippen molar-refractivity contribution in [3.8, 4) is 27.9 Å². The average molecular weight is 613 g/mol. The molecule has 1 atom stereocenters. The normalized spacial score (nSPS) is 14.6. The molecule has 10 rings (SSSR count). The summed E-state index contributed by atoms with van der Waals surface area (Å²) < 4.78 is 4.91. The molecule has 0 spiro atoms. The number of para-hydroxylation sites is 2. The lowest BCUT2D eigenvalue weighted by Gasteiger charge is -2.18. The summed E-state index contributed by atoms with van der Waals surface area (Å²) in [7, 11) is 0. The highest BCUT2D eigenvalue weighted by molar-refractivity contribution is 6.11. The smallest absolute Gasteiger partial charge is 0.0560 e. The predicted molar refractivity (Wildman–Crippen MR) is 204 cm³/mol. The summed E-state index contributed by atoms with van der Waals surface area (Å²) in [5.41, 5.74) is 11.1. The number of hydrogen-bond acceptors (Lipinski definition) is 0. The van der Waals surface area contributed by atoms with Crippen molar-refractivity contribution in [3.63, 3.8) is 0 Å². The molecular formula is C46H32N2. The first kappa shape index (κ1) is 27.0. The molecule has 0 saturated carbocycles. The van der Waals surface area contributed by atoms with Crippen molar-refractivity contribution in [1.29, 1.82) is 0 Å². The third-order valence-electron chi connectivity index (χ3n) is 10.2. The Bertz CT molecular complexity index is 2750. The van der Waals surface area contributed by atoms with E-state index in [0.29, 0.717) is 6.04 Å². The second-order valence-electron chi connectivity index (χ2n) is 12.9. The molecule has 0 bridgehead atoms. The number of benzene rings is 7. The second-order valence-corrected chi connectivity index (χ2v) is 12.9. The van der Waals surface area contributed by atoms with Gasteiger partial charge in [-0.1, -0.05) is 127 Å². The highest BCUT2D eigenvalue weighted by Gasteiger charge is 2.18. The van der Waals surface area contributed by atoms with Crippen LogP contribution in [0.25, 0.3) is 82.3 Å². The Morgan fingerprint density at radius 1 is 0.417 bits per heavy atom. The van der Waals surface area contributed by atoms with Crippen LogP contribution in [0.2, 0.25) is 0 Å². The van der Waals surface area contributed by atoms with Crippen molar-refractivity contribution in [2.75, 3.05) is 0 Å². The first-order valence-electron chi connectivity index (χ1n) is 16.8. The van der Waals surface area contributed by atoms with E-state index in [1.807, 2.05) is 0 Å². The molecule has 0 saturated heterocycles. The molecule has 0 radical (unpaired) electrons. The second kappa shape index (κ2) is 10.7. The van der Waals surface area contributed by atoms with Gasteiger partial charge in [0, 0.05) is 38.3 Å². The molecule has 1 aliphatic carbocycles. The molecule has 0 aliphatic heterocycles. The average Bonchev–Trinajstić information content (AvgIpc) is 3.67. The Kier molecular flexibility index (Phi) is 6.04. The Hall–Kier alpha value is -6.12. The number of nitrogens with zero attached hydrogens (tertiary/aromatic N) is 2. The van der Waals surface area contributed by atoms with E-state index in [1.54, 1.807) is 0 Å². The van der Waals surface area contributed by atoms with Gasteiger partial charge in [-0.3, -0.25) is 0 Å². The molecule has 0 N–H and O–H groups in total. The van der Waals surface area contributed by atoms with Crippen LogP contribution in [0.1, 0.15) is 12.5 Å². The number of hydrogen-bond donors (Lipinski definition) is 0. The summed E-state index contributed by atoms with van der Waals surface area (Å²) in [6.07, 6.45) is 9.92. The maximum absolute atomic E-state index is 2.50. The van der Waals surface area contributed by atoms with Gasteiger partial charge < -0.3 is 9.13 Å². The third kappa shape index (κ3) is 4.19. The third-order valence-corrected chi connectivity index (χ3v) is 10.2. The molecule has 48 heavy (non-hydrogen) atoms. The summed E-state index contributed by atoms with van der Waals surface area (Å²) in [5, 5.41) is 7.67. The first-order valence-corrected chi connectivity index (χ1v) is 16.8. The minimum atomic E-state index is 0.335. The highest BCUT2D eigenvalue weighted by Crippen LogP contribution is 2.38. The quantitative estimate of drug-likeness (QED) is 0.187. The zero-order valence-corrected chi connectivity index (χ0v) is 26.4. The van der Waals surface area contributed by atoms with Gasteiger partial charge >= 0.3 is 0 Å². The van der Waals surface area contributed by atoms with Crippen LogP contribution in [-0.4, -0.2) is 9.13 Å². The van der Waals surface area contributed by atoms with Gasteiger partial charge in [0.05, 0.1) is 17.1 Å². The van der Waals surface area contributed by atoms with Gasteiger partial charge in [-0.05, 0) is 88.0 Å². The van der Waals surface area contributed by atoms with Crippen molar-refractivity contribution in [3.05, 3.63) is 176 Å². The number of rotatable bonds is 4. The minimum Gasteiger partial charge on any atom is -0.333 e. The van der Waals surface area contributed by atoms with E-state index < -0.39 is 0 Å². The van der Waals surface area contributed by atoms with Gasteiger partial charge in [-0.2, -0.15) is 0 Å². The van der Waals surface area contributed by atoms with Gasteiger partial charge in [-0.15, -0.1) is 0 Å². The molecule has 2 nitrogen and oxygen atoms in total. The Morgan fingerprint density at radius 3 is 1.71 bits per heavy atom. The SMILES string of the molecule is C1=CCC(n2c3ccccc3c3cc(-c4ccc(-c5ccc6c(c5)c5ccccc5n6-c5ccc6ccccc6c5)cc4)ccc32)C=C1. The van der Waals surface area contributed by atoms with Crippen LogP contribution < -0.4 is 0 Å². The van der Waals surface area contributed by atoms with Gasteiger partial charge in [0.15, 0.2) is 0 Å². The number of fused-ring (bicyclic) bond motifs is 7. The molecule has 0 amide bonds. The van der Waals surface area contributed by atoms with E-state index in [1.165, 1.54) is 82.3 Å². The zero-order valence-electron chi connectivity index (χ0n) is 26.4. The summed E-state index contributed by atoms with van der Waals surface area (Å²) >= 11 is 0. The Balaban J connectivity index is 1.04. The van der Waals surface area contributed by atoms with Crippen molar-refractivity contribution in [2.45, 2.75) is 12.5 Å². The van der Waals surface area contributed by atoms with Crippen molar-refractivity contribution in [1.82, 2.24) is 9.13 Å². The highest BCUT2D eigenvalue weighted by atomic mass is 15.0. The molecule has 7 aromatic carbocycles. The van der Waals surface area contributed by atoms with Crippen LogP contribution >= 0.6 is 0 Å². The number of aromatic nitrogens is 2. The van der Waals surface area contributed by atoms with Crippen molar-refractivity contribution < 1.29 is 0 Å². The van der Waals surface area contributed by atoms with Gasteiger partial charge in [0.25, 0.3) is 0 Å². The van der Waals surface area contributed by atoms with Crippen LogP contribution in [0, 0.1) is 0 Å². The fourth-order valence-corrected chi connectivity index (χ4v) is 7.90. The number of allylic oxidation sites excluding steroid dienone is 4. The predicted octanol–water partition coefficient (Wildman–Crippen LogP) is 12.4. The lowest BCUT2D eigenvalue weighted by atomic mass is 9.98. The van der Waals surface area contributed by atoms with E-state index in [9.17, 15) is 0 Å². The fourth-order valence-electron chi connectivity index (χ4n) is 7.90. The van der Waals surface area contributed by atoms with E-state index in [-0.39, 0.29) is 0 Å². The summed E-state index contributed by atoms with van der Waals surface area (Å²) in [4.78, 5) is 0. The molecule has 2 aromatic heterocycles. The Labute approximate surface area is 279 Å². The zero-order chi connectivity index (χ0) is 31.6. The molecule has 1 unspecified atom stereocenters. The van der Waals surface area contributed by atoms with Crippen LogP contribution in [0.15, 0.2) is 176 Å². The van der Waals surface area contributed by atoms with E-state index in [2.05, 4.69) is 185 Å². The van der Waals surface area contributed by atoms with Gasteiger partial charge in [0.2, 0.25) is 0 Å². The fraction of sp³-hybridized carbons (Fsp3) is 0.0435.